The standard InChI is InChI=1S/C21H23N3O4S2/c1-14(2)16-4-8-18(9-5-16)28-15(3)20(25)23-17-6-10-19(11-7-17)30(26,27)24-21-22-12-13-29-21/h4-15H,1-3H3,(H,22,24)(H,23,25). The van der Waals surface area contributed by atoms with Gasteiger partial charge in [-0.15, -0.1) is 11.3 Å². The largest absolute Gasteiger partial charge is 0.481 e. The smallest absolute Gasteiger partial charge is 0.265 e. The fourth-order valence-corrected chi connectivity index (χ4v) is 4.39. The summed E-state index contributed by atoms with van der Waals surface area (Å²) < 4.78 is 32.8. The van der Waals surface area contributed by atoms with Gasteiger partial charge in [-0.2, -0.15) is 0 Å². The molecule has 1 unspecified atom stereocenters. The molecule has 1 atom stereocenters. The van der Waals surface area contributed by atoms with Gasteiger partial charge in [0, 0.05) is 17.3 Å². The van der Waals surface area contributed by atoms with Gasteiger partial charge in [-0.1, -0.05) is 26.0 Å². The number of amides is 1. The summed E-state index contributed by atoms with van der Waals surface area (Å²) in [6, 6.07) is 13.5. The number of nitrogens with one attached hydrogen (secondary N) is 2. The molecule has 0 bridgehead atoms. The SMILES string of the molecule is CC(Oc1ccc(C(C)C)cc1)C(=O)Nc1ccc(S(=O)(=O)Nc2nccs2)cc1. The van der Waals surface area contributed by atoms with Crippen molar-refractivity contribution in [1.82, 2.24) is 4.98 Å². The number of thiazole rings is 1. The van der Waals surface area contributed by atoms with E-state index in [1.165, 1.54) is 47.4 Å². The van der Waals surface area contributed by atoms with Crippen molar-refractivity contribution in [2.45, 2.75) is 37.7 Å². The van der Waals surface area contributed by atoms with Crippen LogP contribution >= 0.6 is 11.3 Å². The number of rotatable bonds is 8. The first kappa shape index (κ1) is 21.8. The summed E-state index contributed by atoms with van der Waals surface area (Å²) in [5, 5.41) is 4.70. The minimum atomic E-state index is -3.73. The van der Waals surface area contributed by atoms with E-state index in [0.29, 0.717) is 22.5 Å². The molecule has 0 saturated carbocycles. The van der Waals surface area contributed by atoms with E-state index in [-0.39, 0.29) is 10.8 Å². The Balaban J connectivity index is 1.59. The van der Waals surface area contributed by atoms with Crippen molar-refractivity contribution in [2.24, 2.45) is 0 Å². The molecule has 0 saturated heterocycles. The third kappa shape index (κ3) is 5.58. The second kappa shape index (κ2) is 9.27. The number of carbonyl (C=O) groups excluding carboxylic acids is 1. The number of benzene rings is 2. The van der Waals surface area contributed by atoms with Crippen molar-refractivity contribution >= 4 is 38.1 Å². The Morgan fingerprint density at radius 2 is 1.70 bits per heavy atom. The average molecular weight is 446 g/mol. The molecule has 0 fully saturated rings. The number of aromatic nitrogens is 1. The van der Waals surface area contributed by atoms with Gasteiger partial charge in [0.1, 0.15) is 5.75 Å². The maximum absolute atomic E-state index is 12.4. The number of hydrogen-bond acceptors (Lipinski definition) is 6. The quantitative estimate of drug-likeness (QED) is 0.533. The monoisotopic (exact) mass is 445 g/mol. The molecule has 1 heterocycles. The van der Waals surface area contributed by atoms with Crippen molar-refractivity contribution in [3.05, 3.63) is 65.7 Å². The zero-order valence-corrected chi connectivity index (χ0v) is 18.5. The minimum absolute atomic E-state index is 0.0743. The van der Waals surface area contributed by atoms with E-state index in [9.17, 15) is 13.2 Å². The van der Waals surface area contributed by atoms with E-state index in [1.54, 1.807) is 12.3 Å². The third-order valence-corrected chi connectivity index (χ3v) is 6.49. The van der Waals surface area contributed by atoms with Crippen LogP contribution in [-0.4, -0.2) is 25.4 Å². The molecule has 30 heavy (non-hydrogen) atoms. The molecule has 0 spiro atoms. The van der Waals surface area contributed by atoms with Crippen LogP contribution in [0.15, 0.2) is 65.0 Å². The van der Waals surface area contributed by atoms with Crippen LogP contribution in [0.25, 0.3) is 0 Å². The van der Waals surface area contributed by atoms with Gasteiger partial charge in [0.25, 0.3) is 15.9 Å². The molecule has 1 amide bonds. The summed E-state index contributed by atoms with van der Waals surface area (Å²) in [5.74, 6) is 0.694. The summed E-state index contributed by atoms with van der Waals surface area (Å²) in [7, 11) is -3.73. The Hall–Kier alpha value is -2.91. The van der Waals surface area contributed by atoms with Crippen LogP contribution in [0, 0.1) is 0 Å². The van der Waals surface area contributed by atoms with E-state index in [1.807, 2.05) is 24.3 Å². The van der Waals surface area contributed by atoms with Crippen LogP contribution in [0.3, 0.4) is 0 Å². The first-order valence-electron chi connectivity index (χ1n) is 9.34. The lowest BCUT2D eigenvalue weighted by molar-refractivity contribution is -0.122. The predicted octanol–water partition coefficient (Wildman–Crippen LogP) is 4.47. The highest BCUT2D eigenvalue weighted by molar-refractivity contribution is 7.93. The zero-order chi connectivity index (χ0) is 21.7. The van der Waals surface area contributed by atoms with Gasteiger partial charge in [-0.25, -0.2) is 13.4 Å². The second-order valence-electron chi connectivity index (χ2n) is 6.94. The first-order valence-corrected chi connectivity index (χ1v) is 11.7. The van der Waals surface area contributed by atoms with Crippen molar-refractivity contribution in [2.75, 3.05) is 10.0 Å². The molecule has 2 aromatic carbocycles. The van der Waals surface area contributed by atoms with Crippen LogP contribution in [0.5, 0.6) is 5.75 Å². The summed E-state index contributed by atoms with van der Waals surface area (Å²) in [6.07, 6.45) is 0.799. The summed E-state index contributed by atoms with van der Waals surface area (Å²) >= 11 is 1.19. The molecular weight excluding hydrogens is 422 g/mol. The van der Waals surface area contributed by atoms with Gasteiger partial charge in [-0.3, -0.25) is 9.52 Å². The number of carbonyl (C=O) groups is 1. The molecule has 2 N–H and O–H groups in total. The van der Waals surface area contributed by atoms with Crippen molar-refractivity contribution in [3.8, 4) is 5.75 Å². The van der Waals surface area contributed by atoms with Crippen LogP contribution < -0.4 is 14.8 Å². The molecule has 9 heteroatoms. The second-order valence-corrected chi connectivity index (χ2v) is 9.52. The van der Waals surface area contributed by atoms with E-state index in [4.69, 9.17) is 4.74 Å². The molecule has 0 aliphatic carbocycles. The Bertz CT molecular complexity index is 1080. The van der Waals surface area contributed by atoms with Gasteiger partial charge >= 0.3 is 0 Å². The lowest BCUT2D eigenvalue weighted by atomic mass is 10.0. The number of anilines is 2. The average Bonchev–Trinajstić information content (AvgIpc) is 3.21. The highest BCUT2D eigenvalue weighted by Gasteiger charge is 2.18. The molecule has 1 aromatic heterocycles. The normalized spacial score (nSPS) is 12.4. The Morgan fingerprint density at radius 1 is 1.03 bits per heavy atom. The maximum atomic E-state index is 12.4. The van der Waals surface area contributed by atoms with Crippen LogP contribution in [0.2, 0.25) is 0 Å². The summed E-state index contributed by atoms with van der Waals surface area (Å²) in [5.41, 5.74) is 1.66. The molecule has 0 aliphatic rings. The van der Waals surface area contributed by atoms with E-state index in [0.717, 1.165) is 0 Å². The van der Waals surface area contributed by atoms with Crippen LogP contribution in [0.1, 0.15) is 32.3 Å². The highest BCUT2D eigenvalue weighted by atomic mass is 32.2. The zero-order valence-electron chi connectivity index (χ0n) is 16.8. The van der Waals surface area contributed by atoms with E-state index < -0.39 is 16.1 Å². The summed E-state index contributed by atoms with van der Waals surface area (Å²) in [6.45, 7) is 5.87. The highest BCUT2D eigenvalue weighted by Crippen LogP contribution is 2.21. The fraction of sp³-hybridized carbons (Fsp3) is 0.238. The Kier molecular flexibility index (Phi) is 6.73. The van der Waals surface area contributed by atoms with Gasteiger partial charge in [-0.05, 0) is 54.8 Å². The van der Waals surface area contributed by atoms with Gasteiger partial charge in [0.05, 0.1) is 4.90 Å². The molecule has 7 nitrogen and oxygen atoms in total. The minimum Gasteiger partial charge on any atom is -0.481 e. The lowest BCUT2D eigenvalue weighted by Crippen LogP contribution is -2.30. The molecule has 158 valence electrons. The number of nitrogens with zero attached hydrogens (tertiary/aromatic N) is 1. The topological polar surface area (TPSA) is 97.4 Å². The van der Waals surface area contributed by atoms with Crippen LogP contribution in [-0.2, 0) is 14.8 Å². The predicted molar refractivity (Wildman–Crippen MR) is 119 cm³/mol. The fourth-order valence-electron chi connectivity index (χ4n) is 2.60. The molecule has 3 aromatic rings. The Labute approximate surface area is 180 Å². The van der Waals surface area contributed by atoms with Gasteiger partial charge in [0.2, 0.25) is 0 Å². The van der Waals surface area contributed by atoms with Crippen molar-refractivity contribution in [1.29, 1.82) is 0 Å². The summed E-state index contributed by atoms with van der Waals surface area (Å²) in [4.78, 5) is 16.4. The van der Waals surface area contributed by atoms with Crippen LogP contribution in [0.4, 0.5) is 10.8 Å². The maximum Gasteiger partial charge on any atom is 0.265 e. The van der Waals surface area contributed by atoms with Gasteiger partial charge < -0.3 is 10.1 Å². The molecule has 0 aliphatic heterocycles. The van der Waals surface area contributed by atoms with Gasteiger partial charge in [0.15, 0.2) is 11.2 Å². The number of ether oxygens (including phenoxy) is 1. The lowest BCUT2D eigenvalue weighted by Gasteiger charge is -2.15. The van der Waals surface area contributed by atoms with Crippen molar-refractivity contribution < 1.29 is 17.9 Å². The van der Waals surface area contributed by atoms with E-state index >= 15 is 0 Å². The number of hydrogen-bond donors (Lipinski definition) is 2. The molecule has 3 rings (SSSR count). The third-order valence-electron chi connectivity index (χ3n) is 4.32. The Morgan fingerprint density at radius 3 is 2.27 bits per heavy atom. The number of sulfonamides is 1. The molecule has 0 radical (unpaired) electrons. The first-order chi connectivity index (χ1) is 14.2. The molecular formula is C21H23N3O4S2. The van der Waals surface area contributed by atoms with Crippen molar-refractivity contribution in [3.63, 3.8) is 0 Å². The van der Waals surface area contributed by atoms with E-state index in [2.05, 4.69) is 28.9 Å².